The molecule has 4 heteroatoms. The van der Waals surface area contributed by atoms with E-state index in [2.05, 4.69) is 30.2 Å². The van der Waals surface area contributed by atoms with Crippen LogP contribution in [0.3, 0.4) is 0 Å². The molecular weight excluding hydrogens is 354 g/mol. The molecule has 0 aromatic carbocycles. The lowest BCUT2D eigenvalue weighted by molar-refractivity contribution is 0.0841. The Morgan fingerprint density at radius 2 is 2.07 bits per heavy atom. The molecule has 3 atom stereocenters. The first-order valence-electron chi connectivity index (χ1n) is 10.9. The lowest BCUT2D eigenvalue weighted by Gasteiger charge is -2.49. The van der Waals surface area contributed by atoms with E-state index in [1.165, 1.54) is 63.5 Å². The van der Waals surface area contributed by atoms with Crippen LogP contribution >= 0.6 is 11.6 Å². The first-order chi connectivity index (χ1) is 13.1. The fraction of sp³-hybridized carbons (Fsp3) is 0.696. The van der Waals surface area contributed by atoms with Gasteiger partial charge < -0.3 is 0 Å². The van der Waals surface area contributed by atoms with Gasteiger partial charge in [0.25, 0.3) is 0 Å². The third-order valence-electron chi connectivity index (χ3n) is 7.44. The number of rotatable bonds is 7. The van der Waals surface area contributed by atoms with Crippen molar-refractivity contribution in [3.05, 3.63) is 35.5 Å². The number of halogens is 1. The summed E-state index contributed by atoms with van der Waals surface area (Å²) in [4.78, 5) is 5.27. The monoisotopic (exact) mass is 387 g/mol. The average molecular weight is 388 g/mol. The van der Waals surface area contributed by atoms with Crippen LogP contribution in [-0.4, -0.2) is 11.8 Å². The molecule has 0 amide bonds. The zero-order valence-electron chi connectivity index (χ0n) is 16.4. The van der Waals surface area contributed by atoms with Gasteiger partial charge in [0.1, 0.15) is 0 Å². The van der Waals surface area contributed by atoms with Gasteiger partial charge in [-0.25, -0.2) is 0 Å². The minimum Gasteiger partial charge on any atom is -0.271 e. The van der Waals surface area contributed by atoms with Gasteiger partial charge in [-0.05, 0) is 82.0 Å². The quantitative estimate of drug-likeness (QED) is 0.257. The van der Waals surface area contributed by atoms with Gasteiger partial charge >= 0.3 is 0 Å². The van der Waals surface area contributed by atoms with Crippen LogP contribution in [0, 0.1) is 23.2 Å². The van der Waals surface area contributed by atoms with Gasteiger partial charge in [0.05, 0.1) is 6.04 Å². The number of nitrogens with one attached hydrogen (secondary N) is 1. The maximum Gasteiger partial charge on any atom is 0.0658 e. The number of allylic oxidation sites excluding steroid dienone is 4. The van der Waals surface area contributed by atoms with Gasteiger partial charge in [-0.1, -0.05) is 42.8 Å². The third-order valence-corrected chi connectivity index (χ3v) is 7.78. The highest BCUT2D eigenvalue weighted by atomic mass is 35.5. The maximum absolute atomic E-state index is 6.24. The van der Waals surface area contributed by atoms with E-state index in [1.54, 1.807) is 0 Å². The maximum atomic E-state index is 6.24. The summed E-state index contributed by atoms with van der Waals surface area (Å²) in [5.74, 6) is 7.74. The van der Waals surface area contributed by atoms with Crippen LogP contribution in [0.1, 0.15) is 70.6 Å². The normalized spacial score (nSPS) is 31.8. The van der Waals surface area contributed by atoms with E-state index >= 15 is 0 Å². The SMILES string of the molecule is C=C(/N=C(/C1CC1)C(NN)C1C=CCCC1)C1(C2CC=C(Cl)CC2)CCC1. The van der Waals surface area contributed by atoms with Gasteiger partial charge in [-0.2, -0.15) is 0 Å². The average Bonchev–Trinajstić information content (AvgIpc) is 3.48. The molecule has 4 rings (SSSR count). The molecule has 0 bridgehead atoms. The van der Waals surface area contributed by atoms with Crippen molar-refractivity contribution in [2.45, 2.75) is 76.7 Å². The minimum atomic E-state index is 0.156. The Morgan fingerprint density at radius 1 is 1.26 bits per heavy atom. The molecule has 2 saturated carbocycles. The first-order valence-corrected chi connectivity index (χ1v) is 11.3. The van der Waals surface area contributed by atoms with Crippen LogP contribution in [0.4, 0.5) is 0 Å². The highest BCUT2D eigenvalue weighted by molar-refractivity contribution is 6.29. The van der Waals surface area contributed by atoms with Crippen molar-refractivity contribution < 1.29 is 0 Å². The van der Waals surface area contributed by atoms with Gasteiger partial charge in [-0.3, -0.25) is 16.3 Å². The fourth-order valence-corrected chi connectivity index (χ4v) is 5.60. The molecule has 27 heavy (non-hydrogen) atoms. The molecule has 3 unspecified atom stereocenters. The van der Waals surface area contributed by atoms with Gasteiger partial charge in [0, 0.05) is 21.9 Å². The van der Waals surface area contributed by atoms with Gasteiger partial charge in [-0.15, -0.1) is 0 Å². The van der Waals surface area contributed by atoms with Crippen molar-refractivity contribution in [3.8, 4) is 0 Å². The van der Waals surface area contributed by atoms with E-state index in [4.69, 9.17) is 22.4 Å². The Hall–Kier alpha value is -0.900. The second kappa shape index (κ2) is 8.23. The van der Waals surface area contributed by atoms with Crippen molar-refractivity contribution in [1.82, 2.24) is 5.43 Å². The molecule has 0 aromatic heterocycles. The van der Waals surface area contributed by atoms with Crippen LogP contribution in [0.2, 0.25) is 0 Å². The summed E-state index contributed by atoms with van der Waals surface area (Å²) in [5.41, 5.74) is 5.70. The molecule has 2 fully saturated rings. The second-order valence-electron chi connectivity index (χ2n) is 9.06. The number of aliphatic imine (C=N–C) groups is 1. The summed E-state index contributed by atoms with van der Waals surface area (Å²) in [6.45, 7) is 4.53. The highest BCUT2D eigenvalue weighted by Crippen LogP contribution is 2.56. The molecule has 3 N–H and O–H groups in total. The van der Waals surface area contributed by atoms with Crippen molar-refractivity contribution in [2.24, 2.45) is 34.0 Å². The molecule has 0 radical (unpaired) electrons. The molecule has 148 valence electrons. The lowest BCUT2D eigenvalue weighted by Crippen LogP contribution is -2.48. The predicted octanol–water partition coefficient (Wildman–Crippen LogP) is 5.63. The van der Waals surface area contributed by atoms with Crippen LogP contribution in [0.5, 0.6) is 0 Å². The van der Waals surface area contributed by atoms with Gasteiger partial charge in [0.2, 0.25) is 0 Å². The zero-order chi connectivity index (χ0) is 18.9. The molecule has 0 aliphatic heterocycles. The summed E-state index contributed by atoms with van der Waals surface area (Å²) in [5, 5.41) is 1.03. The zero-order valence-corrected chi connectivity index (χ0v) is 17.2. The fourth-order valence-electron chi connectivity index (χ4n) is 5.40. The Balaban J connectivity index is 1.57. The highest BCUT2D eigenvalue weighted by Gasteiger charge is 2.47. The summed E-state index contributed by atoms with van der Waals surface area (Å²) in [7, 11) is 0. The molecule has 0 spiro atoms. The van der Waals surface area contributed by atoms with E-state index in [0.29, 0.717) is 17.8 Å². The first kappa shape index (κ1) is 19.4. The smallest absolute Gasteiger partial charge is 0.0658 e. The number of hydrogen-bond donors (Lipinski definition) is 2. The number of hydrazine groups is 1. The number of nitrogens with zero attached hydrogens (tertiary/aromatic N) is 1. The van der Waals surface area contributed by atoms with Crippen LogP contribution in [-0.2, 0) is 0 Å². The largest absolute Gasteiger partial charge is 0.271 e. The Bertz CT molecular complexity index is 655. The van der Waals surface area contributed by atoms with Crippen molar-refractivity contribution in [3.63, 3.8) is 0 Å². The van der Waals surface area contributed by atoms with E-state index < -0.39 is 0 Å². The van der Waals surface area contributed by atoms with E-state index in [-0.39, 0.29) is 11.5 Å². The summed E-state index contributed by atoms with van der Waals surface area (Å²) >= 11 is 6.24. The lowest BCUT2D eigenvalue weighted by atomic mass is 9.57. The van der Waals surface area contributed by atoms with Crippen molar-refractivity contribution in [2.75, 3.05) is 0 Å². The van der Waals surface area contributed by atoms with Crippen LogP contribution in [0.25, 0.3) is 0 Å². The Morgan fingerprint density at radius 3 is 2.59 bits per heavy atom. The molecule has 3 nitrogen and oxygen atoms in total. The molecule has 0 aromatic rings. The standard InChI is InChI=1S/C23H34ClN3/c1-16(23(14-5-15-23)19-10-12-20(24)13-11-19)26-21(18-8-9-18)22(27-25)17-6-3-2-4-7-17/h3,6,12,17-19,22,27H,1-2,4-5,7-11,13-15,25H2/b26-21-. The van der Waals surface area contributed by atoms with Crippen LogP contribution in [0.15, 0.2) is 40.5 Å². The molecular formula is C23H34ClN3. The summed E-state index contributed by atoms with van der Waals surface area (Å²) in [6.07, 6.45) is 20.0. The van der Waals surface area contributed by atoms with Gasteiger partial charge in [0.15, 0.2) is 0 Å². The topological polar surface area (TPSA) is 50.4 Å². The van der Waals surface area contributed by atoms with E-state index in [0.717, 1.165) is 23.6 Å². The summed E-state index contributed by atoms with van der Waals surface area (Å²) < 4.78 is 0. The van der Waals surface area contributed by atoms with Crippen molar-refractivity contribution >= 4 is 17.3 Å². The molecule has 0 heterocycles. The number of nitrogens with two attached hydrogens (primary N) is 1. The third kappa shape index (κ3) is 3.97. The molecule has 4 aliphatic carbocycles. The van der Waals surface area contributed by atoms with E-state index in [1.807, 2.05) is 0 Å². The summed E-state index contributed by atoms with van der Waals surface area (Å²) in [6, 6.07) is 0.156. The Labute approximate surface area is 169 Å². The minimum absolute atomic E-state index is 0.156. The van der Waals surface area contributed by atoms with Crippen molar-refractivity contribution in [1.29, 1.82) is 0 Å². The molecule has 4 aliphatic rings. The second-order valence-corrected chi connectivity index (χ2v) is 9.54. The van der Waals surface area contributed by atoms with E-state index in [9.17, 15) is 0 Å². The Kier molecular flexibility index (Phi) is 5.92. The predicted molar refractivity (Wildman–Crippen MR) is 114 cm³/mol. The van der Waals surface area contributed by atoms with Crippen LogP contribution < -0.4 is 11.3 Å². The number of hydrogen-bond acceptors (Lipinski definition) is 3. The molecule has 0 saturated heterocycles.